The van der Waals surface area contributed by atoms with Gasteiger partial charge >= 0.3 is 17.9 Å². The van der Waals surface area contributed by atoms with Crippen molar-refractivity contribution in [2.45, 2.75) is 361 Å². The van der Waals surface area contributed by atoms with Crippen molar-refractivity contribution < 1.29 is 28.6 Å². The van der Waals surface area contributed by atoms with Gasteiger partial charge in [-0.15, -0.1) is 0 Å². The highest BCUT2D eigenvalue weighted by atomic mass is 16.6. The van der Waals surface area contributed by atoms with E-state index >= 15 is 0 Å². The first-order chi connectivity index (χ1) is 40.0. The molecule has 0 saturated carbocycles. The molecule has 0 aliphatic rings. The Labute approximate surface area is 503 Å². The zero-order chi connectivity index (χ0) is 58.5. The average molecular weight is 1130 g/mol. The van der Waals surface area contributed by atoms with Gasteiger partial charge in [0.2, 0.25) is 0 Å². The molecule has 1 unspecified atom stereocenters. The minimum atomic E-state index is -0.783. The van der Waals surface area contributed by atoms with Crippen molar-refractivity contribution >= 4 is 17.9 Å². The summed E-state index contributed by atoms with van der Waals surface area (Å²) < 4.78 is 16.9. The predicted molar refractivity (Wildman–Crippen MR) is 353 cm³/mol. The number of hydrogen-bond donors (Lipinski definition) is 0. The third kappa shape index (κ3) is 67.3. The second kappa shape index (κ2) is 69.1. The van der Waals surface area contributed by atoms with Gasteiger partial charge in [0, 0.05) is 19.3 Å². The number of ether oxygens (including phenoxy) is 3. The van der Waals surface area contributed by atoms with E-state index in [-0.39, 0.29) is 31.1 Å². The third-order valence-electron chi connectivity index (χ3n) is 15.4. The number of unbranched alkanes of at least 4 members (excludes halogenated alkanes) is 39. The van der Waals surface area contributed by atoms with Crippen LogP contribution in [0.2, 0.25) is 0 Å². The number of carbonyl (C=O) groups excluding carboxylic acids is 3. The van der Waals surface area contributed by atoms with Crippen molar-refractivity contribution in [3.8, 4) is 0 Å². The molecule has 0 saturated heterocycles. The molecule has 0 aliphatic carbocycles. The summed E-state index contributed by atoms with van der Waals surface area (Å²) in [7, 11) is 0. The molecule has 0 radical (unpaired) electrons. The number of hydrogen-bond acceptors (Lipinski definition) is 6. The first-order valence-corrected chi connectivity index (χ1v) is 35.1. The van der Waals surface area contributed by atoms with Gasteiger partial charge in [0.25, 0.3) is 0 Å². The number of esters is 3. The summed E-state index contributed by atoms with van der Waals surface area (Å²) in [5.41, 5.74) is 0. The highest BCUT2D eigenvalue weighted by Gasteiger charge is 2.19. The summed E-state index contributed by atoms with van der Waals surface area (Å²) in [5, 5.41) is 0. The Morgan fingerprint density at radius 3 is 0.753 bits per heavy atom. The van der Waals surface area contributed by atoms with E-state index in [2.05, 4.69) is 106 Å². The zero-order valence-corrected chi connectivity index (χ0v) is 53.8. The summed E-state index contributed by atoms with van der Waals surface area (Å²) in [4.78, 5) is 38.4. The Morgan fingerprint density at radius 1 is 0.259 bits per heavy atom. The third-order valence-corrected chi connectivity index (χ3v) is 15.4. The minimum Gasteiger partial charge on any atom is -0.462 e. The molecule has 6 nitrogen and oxygen atoms in total. The molecule has 468 valence electrons. The fourth-order valence-corrected chi connectivity index (χ4v) is 10.2. The topological polar surface area (TPSA) is 78.9 Å². The van der Waals surface area contributed by atoms with Crippen LogP contribution in [-0.2, 0) is 28.6 Å². The smallest absolute Gasteiger partial charge is 0.306 e. The molecule has 0 heterocycles. The molecule has 1 atom stereocenters. The van der Waals surface area contributed by atoms with E-state index < -0.39 is 6.10 Å². The van der Waals surface area contributed by atoms with E-state index in [4.69, 9.17) is 14.2 Å². The first kappa shape index (κ1) is 77.6. The highest BCUT2D eigenvalue weighted by molar-refractivity contribution is 5.71. The second-order valence-electron chi connectivity index (χ2n) is 23.4. The lowest BCUT2D eigenvalue weighted by atomic mass is 10.0. The molecule has 0 aromatic carbocycles. The van der Waals surface area contributed by atoms with Crippen LogP contribution < -0.4 is 0 Å². The highest BCUT2D eigenvalue weighted by Crippen LogP contribution is 2.18. The van der Waals surface area contributed by atoms with Gasteiger partial charge in [-0.3, -0.25) is 14.4 Å². The van der Waals surface area contributed by atoms with Crippen molar-refractivity contribution in [1.29, 1.82) is 0 Å². The van der Waals surface area contributed by atoms with Gasteiger partial charge in [0.05, 0.1) is 0 Å². The maximum atomic E-state index is 12.9. The summed E-state index contributed by atoms with van der Waals surface area (Å²) in [6.45, 7) is 6.55. The maximum Gasteiger partial charge on any atom is 0.306 e. The zero-order valence-electron chi connectivity index (χ0n) is 53.8. The Kier molecular flexibility index (Phi) is 66.2. The number of carbonyl (C=O) groups is 3. The first-order valence-electron chi connectivity index (χ1n) is 35.1. The molecule has 6 heteroatoms. The Hall–Kier alpha value is -3.41. The van der Waals surface area contributed by atoms with Gasteiger partial charge in [-0.05, 0) is 77.0 Å². The summed E-state index contributed by atoms with van der Waals surface area (Å²) >= 11 is 0. The number of rotatable bonds is 64. The normalized spacial score (nSPS) is 12.6. The van der Waals surface area contributed by atoms with E-state index in [1.165, 1.54) is 193 Å². The molecule has 0 aromatic heterocycles. The molecule has 0 N–H and O–H groups in total. The Balaban J connectivity index is 4.27. The molecule has 0 rings (SSSR count). The molecule has 0 bridgehead atoms. The van der Waals surface area contributed by atoms with Crippen LogP contribution in [0.5, 0.6) is 0 Å². The van der Waals surface area contributed by atoms with Crippen molar-refractivity contribution in [2.24, 2.45) is 0 Å². The molecule has 0 aliphatic heterocycles. The average Bonchev–Trinajstić information content (AvgIpc) is 3.47. The fraction of sp³-hybridized carbons (Fsp3) is 0.773. The molecule has 0 aromatic rings. The van der Waals surface area contributed by atoms with Crippen molar-refractivity contribution in [1.82, 2.24) is 0 Å². The standard InChI is InChI=1S/C75H132O6/c1-4-7-10-13-16-19-22-24-26-28-30-32-34-36-37-39-40-42-44-46-48-50-53-56-59-62-65-68-74(77)80-71-72(70-79-73(76)67-64-61-58-55-52-21-18-15-12-9-6-3)81-75(78)69-66-63-60-57-54-51-49-47-45-43-41-38-35-33-31-29-27-25-23-20-17-14-11-8-5-2/h7,10,16,19,24,26,30,32,36-37,40,42,46,48,72H,4-6,8-9,11-15,17-18,20-23,25,27-29,31,33-35,38-39,41,43-45,47,49-71H2,1-3H3/b10-7-,19-16-,26-24-,32-30-,37-36-,42-40-,48-46-. The fourth-order valence-electron chi connectivity index (χ4n) is 10.2. The van der Waals surface area contributed by atoms with E-state index in [0.717, 1.165) is 122 Å². The molecule has 81 heavy (non-hydrogen) atoms. The van der Waals surface area contributed by atoms with E-state index in [9.17, 15) is 14.4 Å². The molecule has 0 fully saturated rings. The largest absolute Gasteiger partial charge is 0.462 e. The van der Waals surface area contributed by atoms with Crippen LogP contribution >= 0.6 is 0 Å². The predicted octanol–water partition coefficient (Wildman–Crippen LogP) is 24.2. The van der Waals surface area contributed by atoms with Crippen molar-refractivity contribution in [2.75, 3.05) is 13.2 Å². The summed E-state index contributed by atoms with van der Waals surface area (Å²) in [6.07, 6.45) is 91.8. The minimum absolute atomic E-state index is 0.0782. The van der Waals surface area contributed by atoms with Gasteiger partial charge in [-0.25, -0.2) is 0 Å². The SMILES string of the molecule is CC/C=C\C/C=C\C/C=C\C/C=C\C/C=C\C/C=C\C/C=C\CCCCCCCC(=O)OCC(COC(=O)CCCCCCCCCCCCC)OC(=O)CCCCCCCCCCCCCCCCCCCCCCCCCCC. The lowest BCUT2D eigenvalue weighted by Gasteiger charge is -2.18. The van der Waals surface area contributed by atoms with Gasteiger partial charge in [-0.2, -0.15) is 0 Å². The maximum absolute atomic E-state index is 12.9. The lowest BCUT2D eigenvalue weighted by Crippen LogP contribution is -2.30. The van der Waals surface area contributed by atoms with Crippen LogP contribution in [0.3, 0.4) is 0 Å². The van der Waals surface area contributed by atoms with E-state index in [0.29, 0.717) is 19.3 Å². The summed E-state index contributed by atoms with van der Waals surface area (Å²) in [5.74, 6) is -0.880. The molecular weight excluding hydrogens is 997 g/mol. The molecule has 0 spiro atoms. The Morgan fingerprint density at radius 2 is 0.481 bits per heavy atom. The van der Waals surface area contributed by atoms with Crippen molar-refractivity contribution in [3.63, 3.8) is 0 Å². The van der Waals surface area contributed by atoms with E-state index in [1.54, 1.807) is 0 Å². The van der Waals surface area contributed by atoms with Crippen LogP contribution in [0.15, 0.2) is 85.1 Å². The quantitative estimate of drug-likeness (QED) is 0.0261. The van der Waals surface area contributed by atoms with Crippen molar-refractivity contribution in [3.05, 3.63) is 85.1 Å². The number of allylic oxidation sites excluding steroid dienone is 14. The van der Waals surface area contributed by atoms with Crippen LogP contribution in [0.1, 0.15) is 355 Å². The molecular formula is C75H132O6. The van der Waals surface area contributed by atoms with Crippen LogP contribution in [0, 0.1) is 0 Å². The second-order valence-corrected chi connectivity index (χ2v) is 23.4. The van der Waals surface area contributed by atoms with Crippen LogP contribution in [0.25, 0.3) is 0 Å². The van der Waals surface area contributed by atoms with Crippen LogP contribution in [-0.4, -0.2) is 37.2 Å². The molecule has 0 amide bonds. The monoisotopic (exact) mass is 1130 g/mol. The van der Waals surface area contributed by atoms with Gasteiger partial charge in [0.15, 0.2) is 6.10 Å². The van der Waals surface area contributed by atoms with Gasteiger partial charge < -0.3 is 14.2 Å². The lowest BCUT2D eigenvalue weighted by molar-refractivity contribution is -0.167. The Bertz CT molecular complexity index is 1530. The van der Waals surface area contributed by atoms with Gasteiger partial charge in [0.1, 0.15) is 13.2 Å². The summed E-state index contributed by atoms with van der Waals surface area (Å²) in [6, 6.07) is 0. The van der Waals surface area contributed by atoms with Gasteiger partial charge in [-0.1, -0.05) is 343 Å². The van der Waals surface area contributed by atoms with Crippen LogP contribution in [0.4, 0.5) is 0 Å². The van der Waals surface area contributed by atoms with E-state index in [1.807, 2.05) is 0 Å².